The van der Waals surface area contributed by atoms with Gasteiger partial charge in [-0.1, -0.05) is 0 Å². The Morgan fingerprint density at radius 2 is 0.742 bits per heavy atom. The summed E-state index contributed by atoms with van der Waals surface area (Å²) in [6, 6.07) is 0. The zero-order chi connectivity index (χ0) is 21.6. The van der Waals surface area contributed by atoms with E-state index in [2.05, 4.69) is 6.92 Å². The van der Waals surface area contributed by atoms with Crippen LogP contribution < -0.4 is 0 Å². The molecule has 3 rings (SSSR count). The first-order valence-electron chi connectivity index (χ1n) is 15.4. The zero-order valence-electron chi connectivity index (χ0n) is 21.6. The van der Waals surface area contributed by atoms with Crippen LogP contribution >= 0.6 is 0 Å². The molecule has 0 N–H and O–H groups in total. The first kappa shape index (κ1) is 26.4. The fourth-order valence-electron chi connectivity index (χ4n) is 8.45. The summed E-state index contributed by atoms with van der Waals surface area (Å²) >= 11 is -2.17. The molecule has 3 aliphatic carbocycles. The third-order valence-electron chi connectivity index (χ3n) is 10.1. The van der Waals surface area contributed by atoms with Gasteiger partial charge in [-0.2, -0.15) is 0 Å². The maximum atomic E-state index is 2.33. The second kappa shape index (κ2) is 15.7. The molecule has 3 fully saturated rings. The van der Waals surface area contributed by atoms with Crippen molar-refractivity contribution < 1.29 is 0 Å². The molecule has 0 spiro atoms. The van der Waals surface area contributed by atoms with Gasteiger partial charge in [0.1, 0.15) is 0 Å². The van der Waals surface area contributed by atoms with Crippen LogP contribution in [0, 0.1) is 0 Å². The van der Waals surface area contributed by atoms with Crippen molar-refractivity contribution in [2.45, 2.75) is 184 Å². The third-order valence-corrected chi connectivity index (χ3v) is 31.5. The SMILES string of the molecule is CCCCCCCCCCC[CH2][Sn]([CH]1CCCCC1)([CH]1CCCCC1)[CH]1CCCCC1. The van der Waals surface area contributed by atoms with E-state index >= 15 is 0 Å². The summed E-state index contributed by atoms with van der Waals surface area (Å²) in [6.07, 6.45) is 39.5. The summed E-state index contributed by atoms with van der Waals surface area (Å²) in [5, 5.41) is 0. The van der Waals surface area contributed by atoms with E-state index in [1.54, 1.807) is 116 Å². The van der Waals surface area contributed by atoms with Crippen molar-refractivity contribution in [1.29, 1.82) is 0 Å². The molecule has 0 radical (unpaired) electrons. The van der Waals surface area contributed by atoms with Gasteiger partial charge in [0.05, 0.1) is 0 Å². The molecule has 3 aliphatic rings. The van der Waals surface area contributed by atoms with Crippen LogP contribution in [0.25, 0.3) is 0 Å². The predicted molar refractivity (Wildman–Crippen MR) is 143 cm³/mol. The number of hydrogen-bond donors (Lipinski definition) is 0. The molecule has 0 bridgehead atoms. The van der Waals surface area contributed by atoms with E-state index in [9.17, 15) is 0 Å². The molecule has 0 heterocycles. The summed E-state index contributed by atoms with van der Waals surface area (Å²) in [5.74, 6) is 0. The van der Waals surface area contributed by atoms with Crippen LogP contribution in [0.3, 0.4) is 0 Å². The first-order valence-corrected chi connectivity index (χ1v) is 22.3. The molecule has 0 aliphatic heterocycles. The molecule has 0 atom stereocenters. The van der Waals surface area contributed by atoms with Gasteiger partial charge in [0, 0.05) is 0 Å². The molecule has 0 aromatic carbocycles. The summed E-state index contributed by atoms with van der Waals surface area (Å²) in [4.78, 5) is 0. The topological polar surface area (TPSA) is 0 Å². The number of unbranched alkanes of at least 4 members (excludes halogenated alkanes) is 9. The van der Waals surface area contributed by atoms with Gasteiger partial charge in [-0.3, -0.25) is 0 Å². The average Bonchev–Trinajstić information content (AvgIpc) is 2.84. The summed E-state index contributed by atoms with van der Waals surface area (Å²) in [7, 11) is 0. The van der Waals surface area contributed by atoms with Gasteiger partial charge in [0.2, 0.25) is 0 Å². The van der Waals surface area contributed by atoms with E-state index in [0.29, 0.717) is 0 Å². The van der Waals surface area contributed by atoms with Crippen molar-refractivity contribution in [3.8, 4) is 0 Å². The fraction of sp³-hybridized carbons (Fsp3) is 1.00. The second-order valence-electron chi connectivity index (χ2n) is 12.0. The van der Waals surface area contributed by atoms with Crippen molar-refractivity contribution >= 4 is 18.4 Å². The van der Waals surface area contributed by atoms with Crippen LogP contribution in [0.2, 0.25) is 16.2 Å². The van der Waals surface area contributed by atoms with Crippen LogP contribution in [0.15, 0.2) is 0 Å². The monoisotopic (exact) mass is 538 g/mol. The summed E-state index contributed by atoms with van der Waals surface area (Å²) in [6.45, 7) is 2.33. The van der Waals surface area contributed by atoms with Crippen molar-refractivity contribution in [2.24, 2.45) is 0 Å². The van der Waals surface area contributed by atoms with E-state index in [4.69, 9.17) is 0 Å². The molecule has 1 heteroatoms. The van der Waals surface area contributed by atoms with Crippen LogP contribution in [0.1, 0.15) is 167 Å². The van der Waals surface area contributed by atoms with Gasteiger partial charge in [-0.25, -0.2) is 0 Å². The van der Waals surface area contributed by atoms with Crippen molar-refractivity contribution in [1.82, 2.24) is 0 Å². The Morgan fingerprint density at radius 1 is 0.419 bits per heavy atom. The van der Waals surface area contributed by atoms with Gasteiger partial charge < -0.3 is 0 Å². The van der Waals surface area contributed by atoms with Gasteiger partial charge >= 0.3 is 202 Å². The maximum absolute atomic E-state index is 2.33. The van der Waals surface area contributed by atoms with Gasteiger partial charge in [0.15, 0.2) is 0 Å². The molecular weight excluding hydrogens is 479 g/mol. The van der Waals surface area contributed by atoms with Crippen molar-refractivity contribution in [2.75, 3.05) is 0 Å². The van der Waals surface area contributed by atoms with Crippen LogP contribution in [0.5, 0.6) is 0 Å². The molecule has 3 saturated carbocycles. The van der Waals surface area contributed by atoms with Crippen LogP contribution in [0.4, 0.5) is 0 Å². The molecule has 0 nitrogen and oxygen atoms in total. The minimum absolute atomic E-state index is 1.30. The molecule has 0 aromatic heterocycles. The molecule has 182 valence electrons. The summed E-state index contributed by atoms with van der Waals surface area (Å²) in [5.41, 5.74) is 0. The molecule has 0 saturated heterocycles. The Bertz CT molecular complexity index is 380. The van der Waals surface area contributed by atoms with Crippen LogP contribution in [-0.2, 0) is 0 Å². The van der Waals surface area contributed by atoms with E-state index in [1.807, 2.05) is 4.44 Å². The predicted octanol–water partition coefficient (Wildman–Crippen LogP) is 11.4. The van der Waals surface area contributed by atoms with E-state index in [-0.39, 0.29) is 0 Å². The summed E-state index contributed by atoms with van der Waals surface area (Å²) < 4.78 is 5.72. The van der Waals surface area contributed by atoms with Crippen LogP contribution in [-0.4, -0.2) is 18.4 Å². The molecule has 0 unspecified atom stereocenters. The Balaban J connectivity index is 1.55. The number of hydrogen-bond acceptors (Lipinski definition) is 0. The standard InChI is InChI=1S/C12H25.3C6H11.Sn/c1-3-5-7-9-11-12-10-8-6-4-2;3*1-2-4-6-5-3-1;/h1,3-12H2,2H3;3*1H,2-6H2;. The van der Waals surface area contributed by atoms with Gasteiger partial charge in [-0.05, 0) is 0 Å². The van der Waals surface area contributed by atoms with E-state index < -0.39 is 18.4 Å². The third kappa shape index (κ3) is 8.20. The Labute approximate surface area is 201 Å². The van der Waals surface area contributed by atoms with E-state index in [0.717, 1.165) is 0 Å². The molecular formula is C30H58Sn. The molecule has 0 aromatic rings. The normalized spacial score (nSPS) is 22.7. The second-order valence-corrected chi connectivity index (χ2v) is 26.8. The Hall–Kier alpha value is 0.799. The quantitative estimate of drug-likeness (QED) is 0.153. The Kier molecular flexibility index (Phi) is 13.3. The van der Waals surface area contributed by atoms with E-state index in [1.165, 1.54) is 56.7 Å². The average molecular weight is 538 g/mol. The van der Waals surface area contributed by atoms with Crippen molar-refractivity contribution in [3.05, 3.63) is 0 Å². The number of rotatable bonds is 14. The Morgan fingerprint density at radius 3 is 1.10 bits per heavy atom. The fourth-order valence-corrected chi connectivity index (χ4v) is 32.8. The van der Waals surface area contributed by atoms with Gasteiger partial charge in [0.25, 0.3) is 0 Å². The first-order chi connectivity index (χ1) is 15.4. The zero-order valence-corrected chi connectivity index (χ0v) is 24.5. The minimum atomic E-state index is -2.17. The van der Waals surface area contributed by atoms with Crippen molar-refractivity contribution in [3.63, 3.8) is 0 Å². The molecule has 31 heavy (non-hydrogen) atoms. The van der Waals surface area contributed by atoms with Gasteiger partial charge in [-0.15, -0.1) is 0 Å². The molecule has 0 amide bonds.